The minimum absolute atomic E-state index is 0.106. The number of ether oxygens (including phenoxy) is 1. The van der Waals surface area contributed by atoms with Gasteiger partial charge in [-0.15, -0.1) is 11.3 Å². The van der Waals surface area contributed by atoms with Gasteiger partial charge in [0.05, 0.1) is 4.88 Å². The average Bonchev–Trinajstić information content (AvgIpc) is 2.61. The van der Waals surface area contributed by atoms with Crippen LogP contribution in [-0.4, -0.2) is 25.5 Å². The van der Waals surface area contributed by atoms with Gasteiger partial charge in [-0.3, -0.25) is 4.79 Å². The molecule has 1 rings (SSSR count). The largest absolute Gasteiger partial charge is 0.385 e. The van der Waals surface area contributed by atoms with Crippen molar-refractivity contribution >= 4 is 33.0 Å². The molecule has 0 spiro atoms. The molecule has 1 aromatic heterocycles. The van der Waals surface area contributed by atoms with E-state index >= 15 is 0 Å². The van der Waals surface area contributed by atoms with Crippen LogP contribution in [0.2, 0.25) is 0 Å². The van der Waals surface area contributed by atoms with Gasteiger partial charge in [0.2, 0.25) is 0 Å². The van der Waals surface area contributed by atoms with Crippen LogP contribution in [0.5, 0.6) is 0 Å². The Morgan fingerprint density at radius 3 is 3.00 bits per heavy atom. The lowest BCUT2D eigenvalue weighted by atomic mass is 10.1. The summed E-state index contributed by atoms with van der Waals surface area (Å²) in [5.41, 5.74) is 5.80. The molecular weight excluding hydrogens is 278 g/mol. The van der Waals surface area contributed by atoms with Crippen LogP contribution in [0, 0.1) is 0 Å². The van der Waals surface area contributed by atoms with Crippen molar-refractivity contribution in [3.63, 3.8) is 0 Å². The van der Waals surface area contributed by atoms with Gasteiger partial charge in [0.1, 0.15) is 0 Å². The molecule has 0 aliphatic rings. The monoisotopic (exact) mass is 291 g/mol. The van der Waals surface area contributed by atoms with Gasteiger partial charge in [0, 0.05) is 36.0 Å². The van der Waals surface area contributed by atoms with E-state index in [9.17, 15) is 4.79 Å². The van der Waals surface area contributed by atoms with Crippen molar-refractivity contribution in [3.8, 4) is 0 Å². The zero-order valence-electron chi connectivity index (χ0n) is 8.53. The predicted molar refractivity (Wildman–Crippen MR) is 65.4 cm³/mol. The molecule has 0 amide bonds. The zero-order chi connectivity index (χ0) is 11.3. The van der Waals surface area contributed by atoms with Crippen molar-refractivity contribution in [2.45, 2.75) is 18.9 Å². The van der Waals surface area contributed by atoms with E-state index in [0.717, 1.165) is 15.8 Å². The number of rotatable bonds is 6. The molecular formula is C10H14BrNO2S. The number of nitrogens with two attached hydrogens (primary N) is 1. The third-order valence-electron chi connectivity index (χ3n) is 1.98. The maximum Gasteiger partial charge on any atom is 0.174 e. The number of Topliss-reactive ketones (excluding diaryl/α,β-unsaturated/α-hetero) is 1. The Kier molecular flexibility index (Phi) is 5.45. The SMILES string of the molecule is COCCC(N)CC(=O)c1cc(Br)cs1. The number of halogens is 1. The van der Waals surface area contributed by atoms with E-state index in [-0.39, 0.29) is 11.8 Å². The van der Waals surface area contributed by atoms with Gasteiger partial charge in [-0.25, -0.2) is 0 Å². The van der Waals surface area contributed by atoms with Gasteiger partial charge in [0.25, 0.3) is 0 Å². The molecule has 15 heavy (non-hydrogen) atoms. The second-order valence-electron chi connectivity index (χ2n) is 3.30. The van der Waals surface area contributed by atoms with Crippen LogP contribution < -0.4 is 5.73 Å². The summed E-state index contributed by atoms with van der Waals surface area (Å²) in [5.74, 6) is 0.106. The van der Waals surface area contributed by atoms with Crippen LogP contribution in [0.1, 0.15) is 22.5 Å². The molecule has 2 N–H and O–H groups in total. The predicted octanol–water partition coefficient (Wildman–Crippen LogP) is 2.45. The van der Waals surface area contributed by atoms with E-state index in [2.05, 4.69) is 15.9 Å². The van der Waals surface area contributed by atoms with E-state index < -0.39 is 0 Å². The van der Waals surface area contributed by atoms with Crippen molar-refractivity contribution in [1.29, 1.82) is 0 Å². The summed E-state index contributed by atoms with van der Waals surface area (Å²) in [7, 11) is 1.63. The van der Waals surface area contributed by atoms with Crippen LogP contribution in [0.4, 0.5) is 0 Å². The molecule has 0 aliphatic carbocycles. The molecule has 1 aromatic rings. The normalized spacial score (nSPS) is 12.7. The van der Waals surface area contributed by atoms with E-state index in [1.54, 1.807) is 7.11 Å². The van der Waals surface area contributed by atoms with Crippen LogP contribution in [0.15, 0.2) is 15.9 Å². The number of carbonyl (C=O) groups is 1. The highest BCUT2D eigenvalue weighted by Gasteiger charge is 2.13. The fourth-order valence-electron chi connectivity index (χ4n) is 1.17. The highest BCUT2D eigenvalue weighted by molar-refractivity contribution is 9.10. The Morgan fingerprint density at radius 2 is 2.47 bits per heavy atom. The molecule has 0 saturated carbocycles. The van der Waals surface area contributed by atoms with Gasteiger partial charge >= 0.3 is 0 Å². The van der Waals surface area contributed by atoms with E-state index in [1.807, 2.05) is 11.4 Å². The first-order valence-corrected chi connectivity index (χ1v) is 6.32. The first-order chi connectivity index (χ1) is 7.13. The Morgan fingerprint density at radius 1 is 1.73 bits per heavy atom. The summed E-state index contributed by atoms with van der Waals surface area (Å²) in [6.07, 6.45) is 1.10. The summed E-state index contributed by atoms with van der Waals surface area (Å²) in [6, 6.07) is 1.72. The average molecular weight is 292 g/mol. The van der Waals surface area contributed by atoms with Crippen molar-refractivity contribution in [3.05, 3.63) is 20.8 Å². The molecule has 1 atom stereocenters. The van der Waals surface area contributed by atoms with Gasteiger partial charge in [-0.1, -0.05) is 0 Å². The first-order valence-electron chi connectivity index (χ1n) is 4.65. The summed E-state index contributed by atoms with van der Waals surface area (Å²) in [4.78, 5) is 12.5. The zero-order valence-corrected chi connectivity index (χ0v) is 10.9. The molecule has 0 radical (unpaired) electrons. The lowest BCUT2D eigenvalue weighted by Gasteiger charge is -2.08. The van der Waals surface area contributed by atoms with Crippen LogP contribution in [0.25, 0.3) is 0 Å². The van der Waals surface area contributed by atoms with E-state index in [1.165, 1.54) is 11.3 Å². The van der Waals surface area contributed by atoms with Gasteiger partial charge in [-0.2, -0.15) is 0 Å². The van der Waals surface area contributed by atoms with Crippen molar-refractivity contribution < 1.29 is 9.53 Å². The number of carbonyl (C=O) groups excluding carboxylic acids is 1. The number of hydrogen-bond acceptors (Lipinski definition) is 4. The molecule has 0 aromatic carbocycles. The van der Waals surface area contributed by atoms with Crippen molar-refractivity contribution in [1.82, 2.24) is 0 Å². The molecule has 0 aliphatic heterocycles. The molecule has 1 unspecified atom stereocenters. The van der Waals surface area contributed by atoms with Gasteiger partial charge in [-0.05, 0) is 28.4 Å². The van der Waals surface area contributed by atoms with Crippen LogP contribution >= 0.6 is 27.3 Å². The third-order valence-corrected chi connectivity index (χ3v) is 3.71. The Hall–Kier alpha value is -0.230. The number of ketones is 1. The lowest BCUT2D eigenvalue weighted by molar-refractivity contribution is 0.0971. The lowest BCUT2D eigenvalue weighted by Crippen LogP contribution is -2.25. The van der Waals surface area contributed by atoms with Gasteiger partial charge in [0.15, 0.2) is 5.78 Å². The smallest absolute Gasteiger partial charge is 0.174 e. The second-order valence-corrected chi connectivity index (χ2v) is 5.12. The highest BCUT2D eigenvalue weighted by Crippen LogP contribution is 2.21. The van der Waals surface area contributed by atoms with E-state index in [4.69, 9.17) is 10.5 Å². The number of thiophene rings is 1. The van der Waals surface area contributed by atoms with Crippen molar-refractivity contribution in [2.24, 2.45) is 5.73 Å². The summed E-state index contributed by atoms with van der Waals surface area (Å²) in [6.45, 7) is 0.600. The molecule has 84 valence electrons. The van der Waals surface area contributed by atoms with Crippen LogP contribution in [-0.2, 0) is 4.74 Å². The molecule has 0 fully saturated rings. The number of hydrogen-bond donors (Lipinski definition) is 1. The summed E-state index contributed by atoms with van der Waals surface area (Å²) in [5, 5.41) is 1.90. The first kappa shape index (κ1) is 12.8. The Bertz CT molecular complexity index is 327. The number of methoxy groups -OCH3 is 1. The quantitative estimate of drug-likeness (QED) is 0.819. The maximum atomic E-state index is 11.7. The fraction of sp³-hybridized carbons (Fsp3) is 0.500. The van der Waals surface area contributed by atoms with Crippen LogP contribution in [0.3, 0.4) is 0 Å². The fourth-order valence-corrected chi connectivity index (χ4v) is 2.55. The molecule has 0 saturated heterocycles. The summed E-state index contributed by atoms with van der Waals surface area (Å²) >= 11 is 4.76. The van der Waals surface area contributed by atoms with Gasteiger partial charge < -0.3 is 10.5 Å². The highest BCUT2D eigenvalue weighted by atomic mass is 79.9. The molecule has 3 nitrogen and oxygen atoms in total. The van der Waals surface area contributed by atoms with Crippen molar-refractivity contribution in [2.75, 3.05) is 13.7 Å². The Labute approximate surface area is 102 Å². The molecule has 5 heteroatoms. The topological polar surface area (TPSA) is 52.3 Å². The Balaban J connectivity index is 2.42. The summed E-state index contributed by atoms with van der Waals surface area (Å²) < 4.78 is 5.85. The third kappa shape index (κ3) is 4.42. The minimum Gasteiger partial charge on any atom is -0.385 e. The van der Waals surface area contributed by atoms with E-state index in [0.29, 0.717) is 13.0 Å². The molecule has 1 heterocycles. The standard InChI is InChI=1S/C10H14BrNO2S/c1-14-3-2-8(12)5-9(13)10-4-7(11)6-15-10/h4,6,8H,2-3,5,12H2,1H3. The maximum absolute atomic E-state index is 11.7. The minimum atomic E-state index is -0.113. The molecule has 0 bridgehead atoms. The second kappa shape index (κ2) is 6.37.